The average molecular weight is 813 g/mol. The van der Waals surface area contributed by atoms with Gasteiger partial charge in [0.15, 0.2) is 0 Å². The van der Waals surface area contributed by atoms with Crippen molar-refractivity contribution in [3.63, 3.8) is 0 Å². The number of carbonyl (C=O) groups is 2. The maximum atomic E-state index is 12.9. The van der Waals surface area contributed by atoms with Crippen LogP contribution in [-0.2, 0) is 9.59 Å². The van der Waals surface area contributed by atoms with Crippen molar-refractivity contribution in [1.29, 1.82) is 0 Å². The zero-order valence-electron chi connectivity index (χ0n) is 31.4. The Morgan fingerprint density at radius 1 is 0.655 bits per heavy atom. The first-order chi connectivity index (χ1) is 28.1. The molecule has 0 spiro atoms. The number of para-hydroxylation sites is 3. The predicted octanol–water partition coefficient (Wildman–Crippen LogP) is 7.94. The Labute approximate surface area is 343 Å². The SMILES string of the molecule is CC(=O)O.Cc1nnc2n1-c1ccccc1C(c1ccc(Cl)cc1)=NN2.Cc1nnc2n1-c1ccccc1C(c1ccc(Cl)cc1)=NN2CC(=O)Nc1ccccc1. The predicted molar refractivity (Wildman–Crippen MR) is 226 cm³/mol. The molecule has 3 N–H and O–H groups in total. The van der Waals surface area contributed by atoms with E-state index < -0.39 is 5.97 Å². The summed E-state index contributed by atoms with van der Waals surface area (Å²) in [4.78, 5) is 21.9. The van der Waals surface area contributed by atoms with Gasteiger partial charge in [0.1, 0.15) is 23.9 Å². The smallest absolute Gasteiger partial charge is 0.300 e. The topological polar surface area (TPSA) is 168 Å². The van der Waals surface area contributed by atoms with Gasteiger partial charge in [-0.15, -0.1) is 20.4 Å². The number of benzene rings is 5. The standard InChI is InChI=1S/C24H19ClN6O.C16H12ClN5.C2H4O2/c1-16-27-28-24-30(15-22(32)26-19-7-3-2-4-8-19)29-23(17-11-13-18(25)14-12-17)20-9-5-6-10-21(20)31(16)24;1-10-18-20-16-21-19-15(11-6-8-12(17)9-7-11)13-4-2-3-5-14(13)22(10)16;1-2(3)4/h2-14H,15H2,1H3,(H,26,32);2-9H,1H3,(H,20,21);1H3,(H,3,4). The van der Waals surface area contributed by atoms with E-state index in [1.165, 1.54) is 0 Å². The normalized spacial score (nSPS) is 12.1. The van der Waals surface area contributed by atoms with Crippen molar-refractivity contribution in [3.05, 3.63) is 171 Å². The molecule has 0 unspecified atom stereocenters. The summed E-state index contributed by atoms with van der Waals surface area (Å²) < 4.78 is 3.87. The van der Waals surface area contributed by atoms with Crippen molar-refractivity contribution in [2.75, 3.05) is 22.3 Å². The highest BCUT2D eigenvalue weighted by molar-refractivity contribution is 6.31. The molecule has 4 heterocycles. The molecule has 16 heteroatoms. The lowest BCUT2D eigenvalue weighted by Gasteiger charge is -2.17. The van der Waals surface area contributed by atoms with Gasteiger partial charge < -0.3 is 10.4 Å². The summed E-state index contributed by atoms with van der Waals surface area (Å²) in [6.45, 7) is 4.85. The molecule has 0 saturated heterocycles. The number of fused-ring (bicyclic) bond motifs is 6. The van der Waals surface area contributed by atoms with Gasteiger partial charge in [-0.05, 0) is 62.4 Å². The number of carbonyl (C=O) groups excluding carboxylic acids is 1. The highest BCUT2D eigenvalue weighted by atomic mass is 35.5. The second-order valence-corrected chi connectivity index (χ2v) is 13.7. The number of nitrogens with one attached hydrogen (secondary N) is 2. The highest BCUT2D eigenvalue weighted by Gasteiger charge is 2.28. The van der Waals surface area contributed by atoms with Crippen molar-refractivity contribution in [1.82, 2.24) is 29.5 Å². The summed E-state index contributed by atoms with van der Waals surface area (Å²) in [5, 5.41) is 39.5. The minimum absolute atomic E-state index is 0.0297. The first kappa shape index (κ1) is 39.1. The van der Waals surface area contributed by atoms with Gasteiger partial charge in [-0.25, -0.2) is 10.4 Å². The van der Waals surface area contributed by atoms with Crippen LogP contribution in [0.4, 0.5) is 17.6 Å². The van der Waals surface area contributed by atoms with Gasteiger partial charge in [-0.2, -0.15) is 10.2 Å². The quantitative estimate of drug-likeness (QED) is 0.156. The van der Waals surface area contributed by atoms with E-state index in [-0.39, 0.29) is 12.5 Å². The second-order valence-electron chi connectivity index (χ2n) is 12.8. The van der Waals surface area contributed by atoms with Gasteiger partial charge in [-0.3, -0.25) is 18.7 Å². The molecule has 0 atom stereocenters. The summed E-state index contributed by atoms with van der Waals surface area (Å²) in [7, 11) is 0. The first-order valence-electron chi connectivity index (χ1n) is 17.9. The molecule has 0 bridgehead atoms. The molecule has 58 heavy (non-hydrogen) atoms. The lowest BCUT2D eigenvalue weighted by Crippen LogP contribution is -2.31. The number of nitrogens with zero attached hydrogens (tertiary/aromatic N) is 9. The summed E-state index contributed by atoms with van der Waals surface area (Å²) in [6, 6.07) is 40.4. The number of aryl methyl sites for hydroxylation is 2. The first-order valence-corrected chi connectivity index (χ1v) is 18.6. The number of aromatic nitrogens is 6. The van der Waals surface area contributed by atoms with Crippen LogP contribution in [0.3, 0.4) is 0 Å². The molecule has 14 nitrogen and oxygen atoms in total. The number of carboxylic acid groups (broad SMARTS) is 1. The number of halogens is 2. The number of hydrazone groups is 2. The maximum absolute atomic E-state index is 12.9. The third-order valence-corrected chi connectivity index (χ3v) is 9.24. The lowest BCUT2D eigenvalue weighted by molar-refractivity contribution is -0.134. The van der Waals surface area contributed by atoms with Crippen molar-refractivity contribution < 1.29 is 14.7 Å². The van der Waals surface area contributed by atoms with Crippen LogP contribution in [0.1, 0.15) is 40.8 Å². The van der Waals surface area contributed by atoms with Crippen LogP contribution in [0.15, 0.2) is 138 Å². The van der Waals surface area contributed by atoms with E-state index in [0.29, 0.717) is 27.8 Å². The third kappa shape index (κ3) is 8.63. The van der Waals surface area contributed by atoms with Gasteiger partial charge in [-0.1, -0.05) is 102 Å². The Kier molecular flexibility index (Phi) is 11.7. The minimum atomic E-state index is -0.833. The molecule has 7 aromatic rings. The van der Waals surface area contributed by atoms with Crippen LogP contribution >= 0.6 is 23.2 Å². The Hall–Kier alpha value is -7.16. The van der Waals surface area contributed by atoms with Crippen molar-refractivity contribution in [2.45, 2.75) is 20.8 Å². The van der Waals surface area contributed by atoms with Crippen LogP contribution in [0, 0.1) is 13.8 Å². The summed E-state index contributed by atoms with van der Waals surface area (Å²) >= 11 is 12.1. The fourth-order valence-corrected chi connectivity index (χ4v) is 6.51. The van der Waals surface area contributed by atoms with Gasteiger partial charge >= 0.3 is 0 Å². The van der Waals surface area contributed by atoms with E-state index in [0.717, 1.165) is 63.5 Å². The van der Waals surface area contributed by atoms with Crippen LogP contribution in [0.25, 0.3) is 11.4 Å². The van der Waals surface area contributed by atoms with E-state index in [1.807, 2.05) is 150 Å². The second kappa shape index (κ2) is 17.3. The number of hydrogen-bond acceptors (Lipinski definition) is 10. The van der Waals surface area contributed by atoms with Crippen LogP contribution in [-0.4, -0.2) is 64.5 Å². The number of carboxylic acids is 1. The molecule has 0 radical (unpaired) electrons. The molecular formula is C42H35Cl2N11O3. The number of aliphatic carboxylic acids is 1. The molecule has 9 rings (SSSR count). The van der Waals surface area contributed by atoms with Crippen molar-refractivity contribution in [2.24, 2.45) is 10.2 Å². The Morgan fingerprint density at radius 2 is 1.16 bits per heavy atom. The van der Waals surface area contributed by atoms with Crippen molar-refractivity contribution >= 4 is 64.1 Å². The number of rotatable bonds is 5. The number of anilines is 3. The zero-order chi connectivity index (χ0) is 40.8. The van der Waals surface area contributed by atoms with Crippen molar-refractivity contribution in [3.8, 4) is 11.4 Å². The fraction of sp³-hybridized carbons (Fsp3) is 0.0952. The largest absolute Gasteiger partial charge is 0.481 e. The molecule has 1 amide bonds. The summed E-state index contributed by atoms with van der Waals surface area (Å²) in [6.07, 6.45) is 0. The van der Waals surface area contributed by atoms with Gasteiger partial charge in [0.05, 0.1) is 17.1 Å². The molecule has 2 aromatic heterocycles. The molecule has 2 aliphatic heterocycles. The van der Waals surface area contributed by atoms with Crippen LogP contribution < -0.4 is 15.8 Å². The van der Waals surface area contributed by atoms with E-state index in [4.69, 9.17) is 38.2 Å². The summed E-state index contributed by atoms with van der Waals surface area (Å²) in [5.74, 6) is 1.54. The van der Waals surface area contributed by atoms with Crippen LogP contribution in [0.5, 0.6) is 0 Å². The number of hydrogen-bond donors (Lipinski definition) is 3. The molecule has 5 aromatic carbocycles. The van der Waals surface area contributed by atoms with E-state index in [9.17, 15) is 4.79 Å². The zero-order valence-corrected chi connectivity index (χ0v) is 32.9. The molecule has 290 valence electrons. The Morgan fingerprint density at radius 3 is 1.78 bits per heavy atom. The third-order valence-electron chi connectivity index (χ3n) is 8.74. The summed E-state index contributed by atoms with van der Waals surface area (Å²) in [5.41, 5.74) is 11.0. The molecule has 0 saturated carbocycles. The van der Waals surface area contributed by atoms with Gasteiger partial charge in [0.25, 0.3) is 11.9 Å². The average Bonchev–Trinajstić information content (AvgIpc) is 3.69. The maximum Gasteiger partial charge on any atom is 0.300 e. The number of amides is 1. The molecule has 0 aliphatic carbocycles. The molecule has 0 fully saturated rings. The van der Waals surface area contributed by atoms with Gasteiger partial charge in [0, 0.05) is 44.9 Å². The molecular weight excluding hydrogens is 777 g/mol. The van der Waals surface area contributed by atoms with E-state index >= 15 is 0 Å². The fourth-order valence-electron chi connectivity index (χ4n) is 6.26. The van der Waals surface area contributed by atoms with Crippen LogP contribution in [0.2, 0.25) is 10.0 Å². The minimum Gasteiger partial charge on any atom is -0.481 e. The highest BCUT2D eigenvalue weighted by Crippen LogP contribution is 2.30. The Balaban J connectivity index is 0.000000171. The van der Waals surface area contributed by atoms with Gasteiger partial charge in [0.2, 0.25) is 11.9 Å². The lowest BCUT2D eigenvalue weighted by atomic mass is 10.0. The van der Waals surface area contributed by atoms with E-state index in [2.05, 4.69) is 36.2 Å². The Bertz CT molecular complexity index is 2650. The monoisotopic (exact) mass is 811 g/mol. The van der Waals surface area contributed by atoms with E-state index in [1.54, 1.807) is 5.01 Å². The molecule has 2 aliphatic rings.